The Morgan fingerprint density at radius 2 is 1.83 bits per heavy atom. The first-order chi connectivity index (χ1) is 8.65. The Balaban J connectivity index is 2.24. The van der Waals surface area contributed by atoms with Crippen LogP contribution < -0.4 is 9.47 Å². The van der Waals surface area contributed by atoms with Crippen LogP contribution >= 0.6 is 0 Å². The van der Waals surface area contributed by atoms with Crippen molar-refractivity contribution in [3.05, 3.63) is 24.3 Å². The predicted octanol–water partition coefficient (Wildman–Crippen LogP) is 1.78. The maximum Gasteiger partial charge on any atom is 0.119 e. The predicted molar refractivity (Wildman–Crippen MR) is 72.3 cm³/mol. The van der Waals surface area contributed by atoms with Crippen LogP contribution in [0.5, 0.6) is 11.5 Å². The van der Waals surface area contributed by atoms with E-state index < -0.39 is 0 Å². The Kier molecular flexibility index (Phi) is 6.54. The highest BCUT2D eigenvalue weighted by Gasteiger charge is 2.05. The van der Waals surface area contributed by atoms with E-state index in [2.05, 4.69) is 4.90 Å². The van der Waals surface area contributed by atoms with E-state index >= 15 is 0 Å². The number of likely N-dealkylation sites (N-methyl/N-ethyl adjacent to an activating group) is 1. The van der Waals surface area contributed by atoms with Gasteiger partial charge in [0, 0.05) is 13.1 Å². The van der Waals surface area contributed by atoms with Gasteiger partial charge in [0.25, 0.3) is 0 Å². The fourth-order valence-corrected chi connectivity index (χ4v) is 1.57. The van der Waals surface area contributed by atoms with E-state index in [1.165, 1.54) is 0 Å². The second kappa shape index (κ2) is 7.95. The van der Waals surface area contributed by atoms with E-state index in [1.807, 2.05) is 38.2 Å². The highest BCUT2D eigenvalue weighted by Crippen LogP contribution is 2.16. The summed E-state index contributed by atoms with van der Waals surface area (Å²) in [6, 6.07) is 7.53. The van der Waals surface area contributed by atoms with E-state index in [-0.39, 0.29) is 6.10 Å². The number of hydrogen-bond donors (Lipinski definition) is 1. The molecule has 1 rings (SSSR count). The van der Waals surface area contributed by atoms with Gasteiger partial charge in [0.2, 0.25) is 0 Å². The van der Waals surface area contributed by atoms with Crippen molar-refractivity contribution in [1.29, 1.82) is 0 Å². The third-order valence-corrected chi connectivity index (χ3v) is 2.79. The maximum atomic E-state index is 9.51. The van der Waals surface area contributed by atoms with Gasteiger partial charge in [0.15, 0.2) is 0 Å². The lowest BCUT2D eigenvalue weighted by Crippen LogP contribution is -2.31. The molecule has 0 heterocycles. The zero-order valence-corrected chi connectivity index (χ0v) is 11.4. The fourth-order valence-electron chi connectivity index (χ4n) is 1.57. The molecule has 0 aliphatic carbocycles. The first-order valence-electron chi connectivity index (χ1n) is 6.29. The highest BCUT2D eigenvalue weighted by molar-refractivity contribution is 5.31. The summed E-state index contributed by atoms with van der Waals surface area (Å²) in [6.45, 7) is 4.07. The van der Waals surface area contributed by atoms with Gasteiger partial charge in [-0.05, 0) is 37.7 Å². The lowest BCUT2D eigenvalue weighted by atomic mass is 10.2. The van der Waals surface area contributed by atoms with Crippen LogP contribution in [0.2, 0.25) is 0 Å². The number of hydrogen-bond acceptors (Lipinski definition) is 4. The van der Waals surface area contributed by atoms with Crippen LogP contribution in [-0.2, 0) is 0 Å². The average Bonchev–Trinajstić information content (AvgIpc) is 2.39. The van der Waals surface area contributed by atoms with Gasteiger partial charge in [0.05, 0.1) is 13.2 Å². The summed E-state index contributed by atoms with van der Waals surface area (Å²) < 4.78 is 10.7. The van der Waals surface area contributed by atoms with Crippen molar-refractivity contribution in [2.75, 3.05) is 33.9 Å². The normalized spacial score (nSPS) is 12.5. The number of methoxy groups -OCH3 is 1. The van der Waals surface area contributed by atoms with Gasteiger partial charge < -0.3 is 19.5 Å². The molecule has 1 aromatic carbocycles. The number of rotatable bonds is 8. The summed E-state index contributed by atoms with van der Waals surface area (Å²) in [5, 5.41) is 9.51. The van der Waals surface area contributed by atoms with Crippen molar-refractivity contribution in [2.24, 2.45) is 0 Å². The SMILES string of the molecule is CCC(O)CN(C)CCOc1ccc(OC)cc1. The molecule has 0 bridgehead atoms. The number of benzene rings is 1. The molecule has 102 valence electrons. The second-order valence-electron chi connectivity index (χ2n) is 4.35. The number of nitrogens with zero attached hydrogens (tertiary/aromatic N) is 1. The largest absolute Gasteiger partial charge is 0.497 e. The average molecular weight is 253 g/mol. The molecule has 0 amide bonds. The van der Waals surface area contributed by atoms with Crippen molar-refractivity contribution in [2.45, 2.75) is 19.4 Å². The molecule has 4 nitrogen and oxygen atoms in total. The lowest BCUT2D eigenvalue weighted by Gasteiger charge is -2.19. The Morgan fingerprint density at radius 1 is 1.22 bits per heavy atom. The molecule has 1 N–H and O–H groups in total. The first-order valence-corrected chi connectivity index (χ1v) is 6.29. The monoisotopic (exact) mass is 253 g/mol. The molecular formula is C14H23NO3. The minimum atomic E-state index is -0.254. The van der Waals surface area contributed by atoms with Gasteiger partial charge in [-0.25, -0.2) is 0 Å². The topological polar surface area (TPSA) is 41.9 Å². The van der Waals surface area contributed by atoms with Gasteiger partial charge in [0.1, 0.15) is 18.1 Å². The van der Waals surface area contributed by atoms with Crippen LogP contribution in [0.1, 0.15) is 13.3 Å². The van der Waals surface area contributed by atoms with Crippen molar-refractivity contribution < 1.29 is 14.6 Å². The zero-order valence-electron chi connectivity index (χ0n) is 11.4. The van der Waals surface area contributed by atoms with Gasteiger partial charge in [-0.1, -0.05) is 6.92 Å². The van der Waals surface area contributed by atoms with Crippen LogP contribution in [0.25, 0.3) is 0 Å². The van der Waals surface area contributed by atoms with Crippen molar-refractivity contribution >= 4 is 0 Å². The van der Waals surface area contributed by atoms with Crippen LogP contribution in [-0.4, -0.2) is 50.0 Å². The summed E-state index contributed by atoms with van der Waals surface area (Å²) >= 11 is 0. The molecular weight excluding hydrogens is 230 g/mol. The Bertz CT molecular complexity index is 326. The van der Waals surface area contributed by atoms with E-state index in [4.69, 9.17) is 9.47 Å². The smallest absolute Gasteiger partial charge is 0.119 e. The van der Waals surface area contributed by atoms with Crippen LogP contribution in [0.4, 0.5) is 0 Å². The second-order valence-corrected chi connectivity index (χ2v) is 4.35. The lowest BCUT2D eigenvalue weighted by molar-refractivity contribution is 0.114. The molecule has 1 aromatic rings. The van der Waals surface area contributed by atoms with Crippen molar-refractivity contribution in [3.8, 4) is 11.5 Å². The molecule has 0 aliphatic heterocycles. The Labute approximate surface area is 109 Å². The number of aliphatic hydroxyl groups is 1. The van der Waals surface area contributed by atoms with Gasteiger partial charge in [-0.2, -0.15) is 0 Å². The molecule has 1 atom stereocenters. The Morgan fingerprint density at radius 3 is 2.39 bits per heavy atom. The van der Waals surface area contributed by atoms with Crippen molar-refractivity contribution in [1.82, 2.24) is 4.90 Å². The molecule has 4 heteroatoms. The van der Waals surface area contributed by atoms with E-state index in [0.29, 0.717) is 13.2 Å². The number of ether oxygens (including phenoxy) is 2. The minimum Gasteiger partial charge on any atom is -0.497 e. The molecule has 0 saturated carbocycles. The van der Waals surface area contributed by atoms with E-state index in [9.17, 15) is 5.11 Å². The molecule has 0 aromatic heterocycles. The summed E-state index contributed by atoms with van der Waals surface area (Å²) in [5.74, 6) is 1.66. The summed E-state index contributed by atoms with van der Waals surface area (Å²) in [5.41, 5.74) is 0. The van der Waals surface area contributed by atoms with Crippen LogP contribution in [0.3, 0.4) is 0 Å². The minimum absolute atomic E-state index is 0.254. The summed E-state index contributed by atoms with van der Waals surface area (Å²) in [4.78, 5) is 2.07. The van der Waals surface area contributed by atoms with Crippen LogP contribution in [0.15, 0.2) is 24.3 Å². The zero-order chi connectivity index (χ0) is 13.4. The summed E-state index contributed by atoms with van der Waals surface area (Å²) in [6.07, 6.45) is 0.528. The number of aliphatic hydroxyl groups excluding tert-OH is 1. The third kappa shape index (κ3) is 5.38. The van der Waals surface area contributed by atoms with Gasteiger partial charge in [-0.3, -0.25) is 0 Å². The molecule has 0 aliphatic rings. The molecule has 0 fully saturated rings. The molecule has 1 unspecified atom stereocenters. The molecule has 0 saturated heterocycles. The first kappa shape index (κ1) is 14.8. The quantitative estimate of drug-likeness (QED) is 0.767. The standard InChI is InChI=1S/C14H23NO3/c1-4-12(16)11-15(2)9-10-18-14-7-5-13(17-3)6-8-14/h5-8,12,16H,4,9-11H2,1-3H3. The van der Waals surface area contributed by atoms with Gasteiger partial charge >= 0.3 is 0 Å². The molecule has 0 spiro atoms. The third-order valence-electron chi connectivity index (χ3n) is 2.79. The van der Waals surface area contributed by atoms with Gasteiger partial charge in [-0.15, -0.1) is 0 Å². The maximum absolute atomic E-state index is 9.51. The fraction of sp³-hybridized carbons (Fsp3) is 0.571. The Hall–Kier alpha value is -1.26. The molecule has 18 heavy (non-hydrogen) atoms. The van der Waals surface area contributed by atoms with Crippen molar-refractivity contribution in [3.63, 3.8) is 0 Å². The molecule has 0 radical (unpaired) electrons. The van der Waals surface area contributed by atoms with E-state index in [0.717, 1.165) is 24.5 Å². The highest BCUT2D eigenvalue weighted by atomic mass is 16.5. The van der Waals surface area contributed by atoms with E-state index in [1.54, 1.807) is 7.11 Å². The summed E-state index contributed by atoms with van der Waals surface area (Å²) in [7, 11) is 3.63. The van der Waals surface area contributed by atoms with Crippen LogP contribution in [0, 0.1) is 0 Å².